The first-order chi connectivity index (χ1) is 39.6. The first-order valence-electron chi connectivity index (χ1n) is 28.1. The van der Waals surface area contributed by atoms with Gasteiger partial charge in [-0.2, -0.15) is 0 Å². The smallest absolute Gasteiger partial charge is 0.408 e. The number of carbonyl (C=O) groups excluding carboxylic acids is 10. The first-order valence-corrected chi connectivity index (χ1v) is 28.1. The highest BCUT2D eigenvalue weighted by atomic mass is 16.6. The maximum atomic E-state index is 16.6. The monoisotopic (exact) mass is 1180 g/mol. The van der Waals surface area contributed by atoms with Gasteiger partial charge in [0.05, 0.1) is 29.5 Å². The molecule has 0 spiro atoms. The van der Waals surface area contributed by atoms with Crippen molar-refractivity contribution in [1.29, 1.82) is 0 Å². The molecule has 1 heterocycles. The molecule has 22 nitrogen and oxygen atoms in total. The number of rotatable bonds is 16. The summed E-state index contributed by atoms with van der Waals surface area (Å²) < 4.78 is 48.5. The summed E-state index contributed by atoms with van der Waals surface area (Å²) in [5, 5.41) is 22.3. The van der Waals surface area contributed by atoms with Crippen LogP contribution in [0.5, 0.6) is 0 Å². The number of benzene rings is 3. The fourth-order valence-corrected chi connectivity index (χ4v) is 12.2. The zero-order valence-electron chi connectivity index (χ0n) is 50.4. The van der Waals surface area contributed by atoms with Crippen molar-refractivity contribution in [2.75, 3.05) is 6.61 Å². The van der Waals surface area contributed by atoms with Crippen LogP contribution in [-0.4, -0.2) is 136 Å². The lowest BCUT2D eigenvalue weighted by molar-refractivity contribution is -0.346. The molecule has 3 aromatic rings. The molecular formula is C63H77N3O19. The maximum Gasteiger partial charge on any atom is 0.408 e. The van der Waals surface area contributed by atoms with E-state index in [9.17, 15) is 43.5 Å². The maximum absolute atomic E-state index is 16.6. The van der Waals surface area contributed by atoms with Gasteiger partial charge in [-0.05, 0) is 111 Å². The quantitative estimate of drug-likeness (QED) is 0.0641. The Bertz CT molecular complexity index is 3120. The molecule has 1 aliphatic heterocycles. The van der Waals surface area contributed by atoms with E-state index >= 15 is 9.59 Å². The van der Waals surface area contributed by atoms with Crippen LogP contribution >= 0.6 is 0 Å². The van der Waals surface area contributed by atoms with E-state index in [4.69, 9.17) is 37.9 Å². The van der Waals surface area contributed by atoms with E-state index < -0.39 is 166 Å². The number of ketones is 2. The van der Waals surface area contributed by atoms with E-state index in [1.165, 1.54) is 65.8 Å². The van der Waals surface area contributed by atoms with Crippen LogP contribution in [0, 0.1) is 22.7 Å². The van der Waals surface area contributed by atoms with Crippen molar-refractivity contribution >= 4 is 59.5 Å². The minimum atomic E-state index is -2.68. The predicted molar refractivity (Wildman–Crippen MR) is 302 cm³/mol. The van der Waals surface area contributed by atoms with Crippen LogP contribution in [0.3, 0.4) is 0 Å². The highest BCUT2D eigenvalue weighted by Crippen LogP contribution is 2.65. The molecule has 2 unspecified atom stereocenters. The topological polar surface area (TPSA) is 301 Å². The van der Waals surface area contributed by atoms with Gasteiger partial charge in [0.1, 0.15) is 47.2 Å². The van der Waals surface area contributed by atoms with Crippen molar-refractivity contribution < 1.29 is 90.9 Å². The Morgan fingerprint density at radius 2 is 1.20 bits per heavy atom. The van der Waals surface area contributed by atoms with E-state index in [2.05, 4.69) is 16.0 Å². The normalized spacial score (nSPS) is 27.3. The number of allylic oxidation sites excluding steroid dienone is 1. The molecule has 85 heavy (non-hydrogen) atoms. The number of amides is 3. The van der Waals surface area contributed by atoms with E-state index in [1.54, 1.807) is 108 Å². The SMILES string of the molecule is CC(=O)O[C@H]1C(=O)[C@]2(C)[C@@H](OC(=O)C(C)NC(=O)OC(C)(C)C)C[C@H]3OC[C@@]3(OC(C)=O)[C@H]2[C@H](OC(=O)c2ccccc2)[C@]2(O)C[C@H](C(=O)[C@H](OC(=O)C(C)NC(=O)OC(C)(C)C)[C@@H](NC(=O)c3ccccc3)c3ccccc3)C(C)=C1C2(C)C. The van der Waals surface area contributed by atoms with Gasteiger partial charge in [-0.25, -0.2) is 24.0 Å². The molecule has 3 fully saturated rings. The average molecular weight is 1180 g/mol. The molecule has 4 N–H and O–H groups in total. The first kappa shape index (κ1) is 64.6. The number of ether oxygens (including phenoxy) is 8. The van der Waals surface area contributed by atoms with Gasteiger partial charge in [-0.15, -0.1) is 0 Å². The summed E-state index contributed by atoms with van der Waals surface area (Å²) in [7, 11) is 0. The lowest BCUT2D eigenvalue weighted by atomic mass is 9.44. The summed E-state index contributed by atoms with van der Waals surface area (Å²) in [6.45, 7) is 19.7. The second-order valence-electron chi connectivity index (χ2n) is 24.9. The van der Waals surface area contributed by atoms with E-state index in [1.807, 2.05) is 0 Å². The molecule has 2 bridgehead atoms. The van der Waals surface area contributed by atoms with Crippen molar-refractivity contribution in [1.82, 2.24) is 16.0 Å². The number of esters is 5. The number of aliphatic hydroxyl groups is 1. The third-order valence-electron chi connectivity index (χ3n) is 16.3. The van der Waals surface area contributed by atoms with Crippen molar-refractivity contribution in [3.8, 4) is 0 Å². The summed E-state index contributed by atoms with van der Waals surface area (Å²) in [4.78, 5) is 145. The van der Waals surface area contributed by atoms with Crippen LogP contribution in [0.15, 0.2) is 102 Å². The minimum Gasteiger partial charge on any atom is -0.460 e. The molecule has 13 atom stereocenters. The molecule has 2 saturated carbocycles. The predicted octanol–water partition coefficient (Wildman–Crippen LogP) is 6.94. The summed E-state index contributed by atoms with van der Waals surface area (Å²) in [5.74, 6) is -11.5. The number of nitrogens with one attached hydrogen (secondary N) is 3. The summed E-state index contributed by atoms with van der Waals surface area (Å²) in [6.07, 6.45) is -12.3. The summed E-state index contributed by atoms with van der Waals surface area (Å²) >= 11 is 0. The summed E-state index contributed by atoms with van der Waals surface area (Å²) in [5.41, 5.74) is -10.7. The highest BCUT2D eigenvalue weighted by molar-refractivity contribution is 5.99. The molecule has 3 amide bonds. The Kier molecular flexibility index (Phi) is 18.6. The van der Waals surface area contributed by atoms with Gasteiger partial charge in [0.2, 0.25) is 0 Å². The number of fused-ring (bicyclic) bond motifs is 5. The molecule has 3 aromatic carbocycles. The van der Waals surface area contributed by atoms with Gasteiger partial charge in [0.25, 0.3) is 5.91 Å². The zero-order valence-corrected chi connectivity index (χ0v) is 50.4. The van der Waals surface area contributed by atoms with Gasteiger partial charge < -0.3 is 59.0 Å². The number of hydrogen-bond acceptors (Lipinski definition) is 19. The van der Waals surface area contributed by atoms with Crippen LogP contribution in [0.2, 0.25) is 0 Å². The van der Waals surface area contributed by atoms with Crippen molar-refractivity contribution in [3.05, 3.63) is 119 Å². The molecule has 0 radical (unpaired) electrons. The Morgan fingerprint density at radius 3 is 1.69 bits per heavy atom. The molecule has 0 aromatic heterocycles. The van der Waals surface area contributed by atoms with Gasteiger partial charge >= 0.3 is 42.0 Å². The van der Waals surface area contributed by atoms with Crippen LogP contribution in [-0.2, 0) is 66.7 Å². The molecule has 3 aliphatic carbocycles. The van der Waals surface area contributed by atoms with Crippen LogP contribution < -0.4 is 16.0 Å². The van der Waals surface area contributed by atoms with E-state index in [-0.39, 0.29) is 34.3 Å². The Hall–Kier alpha value is -7.98. The van der Waals surface area contributed by atoms with Gasteiger partial charge in [-0.1, -0.05) is 86.2 Å². The van der Waals surface area contributed by atoms with E-state index in [0.717, 1.165) is 13.8 Å². The third kappa shape index (κ3) is 13.3. The molecule has 22 heteroatoms. The number of hydrogen-bond donors (Lipinski definition) is 4. The Morgan fingerprint density at radius 1 is 0.682 bits per heavy atom. The second kappa shape index (κ2) is 24.5. The van der Waals surface area contributed by atoms with Gasteiger partial charge in [0.15, 0.2) is 29.4 Å². The molecule has 4 aliphatic rings. The van der Waals surface area contributed by atoms with Gasteiger partial charge in [0, 0.05) is 37.2 Å². The molecule has 1 saturated heterocycles. The third-order valence-corrected chi connectivity index (χ3v) is 16.3. The number of carbonyl (C=O) groups is 10. The second-order valence-corrected chi connectivity index (χ2v) is 24.9. The largest absolute Gasteiger partial charge is 0.460 e. The van der Waals surface area contributed by atoms with Crippen molar-refractivity contribution in [2.24, 2.45) is 22.7 Å². The Labute approximate surface area is 493 Å². The van der Waals surface area contributed by atoms with Crippen LogP contribution in [0.4, 0.5) is 9.59 Å². The molecular weight excluding hydrogens is 1100 g/mol. The number of alkyl carbamates (subject to hydrolysis) is 2. The van der Waals surface area contributed by atoms with Gasteiger partial charge in [-0.3, -0.25) is 24.0 Å². The number of Topliss-reactive ketones (excluding diaryl/α,β-unsaturated/α-hetero) is 2. The lowest BCUT2D eigenvalue weighted by Crippen LogP contribution is -2.82. The van der Waals surface area contributed by atoms with Crippen molar-refractivity contribution in [3.63, 3.8) is 0 Å². The highest BCUT2D eigenvalue weighted by Gasteiger charge is 2.79. The fourth-order valence-electron chi connectivity index (χ4n) is 12.2. The molecule has 458 valence electrons. The standard InChI is InChI=1S/C63H77N3O19/c1-33-41(46(69)48(81-54(73)35(3)65-57(76)85-59(9,10)11)45(38-24-18-15-19-25-38)66-52(71)39-26-20-16-21-27-39)31-63(77)51(82-55(74)40-28-22-17-23-29-40)49-61(14,50(70)47(79-36(4)67)44(33)60(63,12)13)42(30-43-62(49,32-78-43)83-37(5)68)80-53(72)34(2)64-56(75)84-58(6,7)8/h15-29,34-35,41-43,45,47-49,51,77H,30-32H2,1-14H3,(H,64,75)(H,65,76)(H,66,71)/t34?,35?,41-,42-,43+,45-,47+,48+,49-,51-,61+,62-,63+/m0/s1. The lowest BCUT2D eigenvalue weighted by Gasteiger charge is -2.67. The van der Waals surface area contributed by atoms with Crippen molar-refractivity contribution in [2.45, 2.75) is 181 Å². The fraction of sp³-hybridized carbons (Fsp3) is 0.524. The van der Waals surface area contributed by atoms with Crippen LogP contribution in [0.1, 0.15) is 142 Å². The summed E-state index contributed by atoms with van der Waals surface area (Å²) in [6, 6.07) is 19.1. The minimum absolute atomic E-state index is 0.00993. The zero-order chi connectivity index (χ0) is 62.9. The molecule has 7 rings (SSSR count). The van der Waals surface area contributed by atoms with E-state index in [0.29, 0.717) is 0 Å². The Balaban J connectivity index is 1.50. The van der Waals surface area contributed by atoms with Crippen LogP contribution in [0.25, 0.3) is 0 Å². The average Bonchev–Trinajstić information content (AvgIpc) is 0.676.